The fraction of sp³-hybridized carbons (Fsp3) is 0.111. The number of carbonyl (C=O) groups is 1. The van der Waals surface area contributed by atoms with Crippen LogP contribution in [0.25, 0.3) is 10.9 Å². The average Bonchev–Trinajstić information content (AvgIpc) is 2.55. The molecule has 0 aliphatic carbocycles. The van der Waals surface area contributed by atoms with Crippen molar-refractivity contribution in [3.05, 3.63) is 66.4 Å². The highest BCUT2D eigenvalue weighted by molar-refractivity contribution is 5.98. The molecule has 0 saturated heterocycles. The Hall–Kier alpha value is -2.68. The molecule has 0 spiro atoms. The van der Waals surface area contributed by atoms with Gasteiger partial charge in [-0.1, -0.05) is 37.3 Å². The lowest BCUT2D eigenvalue weighted by molar-refractivity contribution is 0.0986. The number of hydrogen-bond acceptors (Lipinski definition) is 3. The Balaban J connectivity index is 2.05. The van der Waals surface area contributed by atoms with Crippen LogP contribution >= 0.6 is 0 Å². The minimum absolute atomic E-state index is 0.0683. The van der Waals surface area contributed by atoms with Crippen molar-refractivity contribution in [1.29, 1.82) is 0 Å². The van der Waals surface area contributed by atoms with Gasteiger partial charge in [0.1, 0.15) is 11.3 Å². The summed E-state index contributed by atoms with van der Waals surface area (Å²) < 4.78 is 5.96. The van der Waals surface area contributed by atoms with E-state index in [9.17, 15) is 4.79 Å². The zero-order valence-corrected chi connectivity index (χ0v) is 11.7. The second-order valence-electron chi connectivity index (χ2n) is 4.71. The number of ketones is 1. The molecule has 0 radical (unpaired) electrons. The molecule has 0 aliphatic rings. The Morgan fingerprint density at radius 2 is 1.76 bits per heavy atom. The Morgan fingerprint density at radius 3 is 2.62 bits per heavy atom. The summed E-state index contributed by atoms with van der Waals surface area (Å²) in [7, 11) is 0. The van der Waals surface area contributed by atoms with Gasteiger partial charge in [0.25, 0.3) is 0 Å². The molecule has 1 aromatic heterocycles. The lowest BCUT2D eigenvalue weighted by Gasteiger charge is -2.11. The number of fused-ring (bicyclic) bond motifs is 1. The first kappa shape index (κ1) is 13.3. The van der Waals surface area contributed by atoms with Crippen LogP contribution in [-0.2, 0) is 0 Å². The van der Waals surface area contributed by atoms with Crippen LogP contribution in [0.15, 0.2) is 60.8 Å². The number of Topliss-reactive ketones (excluding diaryl/α,β-unsaturated/α-hetero) is 1. The monoisotopic (exact) mass is 277 g/mol. The molecule has 1 heterocycles. The van der Waals surface area contributed by atoms with Gasteiger partial charge < -0.3 is 4.74 Å². The maximum atomic E-state index is 12.0. The number of hydrogen-bond donors (Lipinski definition) is 0. The van der Waals surface area contributed by atoms with Gasteiger partial charge in [0.2, 0.25) is 0 Å². The highest BCUT2D eigenvalue weighted by Gasteiger charge is 2.12. The Kier molecular flexibility index (Phi) is 3.65. The van der Waals surface area contributed by atoms with E-state index in [2.05, 4.69) is 4.98 Å². The van der Waals surface area contributed by atoms with Gasteiger partial charge in [0, 0.05) is 18.0 Å². The Bertz CT molecular complexity index is 791. The predicted octanol–water partition coefficient (Wildman–Crippen LogP) is 4.62. The molecule has 0 amide bonds. The van der Waals surface area contributed by atoms with E-state index in [0.29, 0.717) is 23.5 Å². The largest absolute Gasteiger partial charge is 0.454 e. The van der Waals surface area contributed by atoms with Gasteiger partial charge in [-0.2, -0.15) is 0 Å². The van der Waals surface area contributed by atoms with E-state index in [0.717, 1.165) is 10.9 Å². The van der Waals surface area contributed by atoms with E-state index in [1.807, 2.05) is 55.5 Å². The van der Waals surface area contributed by atoms with Gasteiger partial charge >= 0.3 is 0 Å². The van der Waals surface area contributed by atoms with Crippen molar-refractivity contribution in [2.45, 2.75) is 13.3 Å². The van der Waals surface area contributed by atoms with Crippen LogP contribution in [0.2, 0.25) is 0 Å². The molecule has 0 aliphatic heterocycles. The first-order valence-corrected chi connectivity index (χ1v) is 6.93. The van der Waals surface area contributed by atoms with Crippen LogP contribution in [0.1, 0.15) is 23.7 Å². The van der Waals surface area contributed by atoms with Crippen molar-refractivity contribution in [1.82, 2.24) is 4.98 Å². The van der Waals surface area contributed by atoms with Gasteiger partial charge in [-0.25, -0.2) is 0 Å². The molecule has 104 valence electrons. The van der Waals surface area contributed by atoms with E-state index in [1.54, 1.807) is 12.3 Å². The minimum atomic E-state index is 0.0683. The lowest BCUT2D eigenvalue weighted by atomic mass is 10.1. The van der Waals surface area contributed by atoms with E-state index >= 15 is 0 Å². The van der Waals surface area contributed by atoms with Crippen molar-refractivity contribution in [3.63, 3.8) is 0 Å². The lowest BCUT2D eigenvalue weighted by Crippen LogP contribution is -2.00. The number of para-hydroxylation sites is 2. The van der Waals surface area contributed by atoms with E-state index in [4.69, 9.17) is 4.74 Å². The van der Waals surface area contributed by atoms with Gasteiger partial charge in [-0.15, -0.1) is 0 Å². The van der Waals surface area contributed by atoms with Crippen LogP contribution in [0, 0.1) is 0 Å². The second-order valence-corrected chi connectivity index (χ2v) is 4.71. The molecular weight excluding hydrogens is 262 g/mol. The van der Waals surface area contributed by atoms with Gasteiger partial charge in [-0.05, 0) is 24.3 Å². The number of ether oxygens (including phenoxy) is 1. The maximum absolute atomic E-state index is 12.0. The molecule has 3 nitrogen and oxygen atoms in total. The molecule has 21 heavy (non-hydrogen) atoms. The number of carbonyl (C=O) groups excluding carboxylic acids is 1. The summed E-state index contributed by atoms with van der Waals surface area (Å²) in [5.74, 6) is 1.30. The number of pyridine rings is 1. The summed E-state index contributed by atoms with van der Waals surface area (Å²) in [6.45, 7) is 1.85. The highest BCUT2D eigenvalue weighted by atomic mass is 16.5. The van der Waals surface area contributed by atoms with Gasteiger partial charge in [0.05, 0.1) is 5.56 Å². The molecule has 3 aromatic rings. The fourth-order valence-corrected chi connectivity index (χ4v) is 2.25. The van der Waals surface area contributed by atoms with Gasteiger partial charge in [-0.3, -0.25) is 9.78 Å². The molecule has 0 bridgehead atoms. The average molecular weight is 277 g/mol. The van der Waals surface area contributed by atoms with Gasteiger partial charge in [0.15, 0.2) is 11.5 Å². The SMILES string of the molecule is CCC(=O)c1ccccc1Oc1cccc2cccnc12. The predicted molar refractivity (Wildman–Crippen MR) is 82.9 cm³/mol. The third kappa shape index (κ3) is 2.63. The van der Waals surface area contributed by atoms with Crippen LogP contribution in [0.4, 0.5) is 0 Å². The zero-order valence-electron chi connectivity index (χ0n) is 11.7. The molecule has 3 rings (SSSR count). The molecular formula is C18H15NO2. The van der Waals surface area contributed by atoms with Crippen LogP contribution in [-0.4, -0.2) is 10.8 Å². The second kappa shape index (κ2) is 5.75. The Morgan fingerprint density at radius 1 is 1.00 bits per heavy atom. The standard InChI is InChI=1S/C18H15NO2/c1-2-15(20)14-9-3-4-10-16(14)21-17-11-5-7-13-8-6-12-19-18(13)17/h3-12H,2H2,1H3. The Labute approximate surface area is 123 Å². The topological polar surface area (TPSA) is 39.2 Å². The van der Waals surface area contributed by atoms with Crippen LogP contribution < -0.4 is 4.74 Å². The van der Waals surface area contributed by atoms with Crippen LogP contribution in [0.3, 0.4) is 0 Å². The summed E-state index contributed by atoms with van der Waals surface area (Å²) in [4.78, 5) is 16.4. The normalized spacial score (nSPS) is 10.5. The molecule has 0 unspecified atom stereocenters. The molecule has 0 N–H and O–H groups in total. The molecule has 3 heteroatoms. The third-order valence-electron chi connectivity index (χ3n) is 3.32. The molecule has 0 atom stereocenters. The molecule has 2 aromatic carbocycles. The summed E-state index contributed by atoms with van der Waals surface area (Å²) >= 11 is 0. The summed E-state index contributed by atoms with van der Waals surface area (Å²) in [6.07, 6.45) is 2.19. The summed E-state index contributed by atoms with van der Waals surface area (Å²) in [6, 6.07) is 16.9. The van der Waals surface area contributed by atoms with E-state index in [1.165, 1.54) is 0 Å². The van der Waals surface area contributed by atoms with Crippen molar-refractivity contribution in [3.8, 4) is 11.5 Å². The summed E-state index contributed by atoms with van der Waals surface area (Å²) in [5, 5.41) is 1.01. The maximum Gasteiger partial charge on any atom is 0.166 e. The third-order valence-corrected chi connectivity index (χ3v) is 3.32. The number of rotatable bonds is 4. The number of nitrogens with zero attached hydrogens (tertiary/aromatic N) is 1. The first-order valence-electron chi connectivity index (χ1n) is 6.93. The first-order chi connectivity index (χ1) is 10.3. The minimum Gasteiger partial charge on any atom is -0.454 e. The molecule has 0 saturated carbocycles. The number of aromatic nitrogens is 1. The van der Waals surface area contributed by atoms with Crippen molar-refractivity contribution < 1.29 is 9.53 Å². The zero-order chi connectivity index (χ0) is 14.7. The highest BCUT2D eigenvalue weighted by Crippen LogP contribution is 2.30. The number of benzene rings is 2. The quantitative estimate of drug-likeness (QED) is 0.653. The van der Waals surface area contributed by atoms with Crippen molar-refractivity contribution >= 4 is 16.7 Å². The fourth-order valence-electron chi connectivity index (χ4n) is 2.25. The van der Waals surface area contributed by atoms with Crippen LogP contribution in [0.5, 0.6) is 11.5 Å². The van der Waals surface area contributed by atoms with Crippen molar-refractivity contribution in [2.24, 2.45) is 0 Å². The smallest absolute Gasteiger partial charge is 0.166 e. The molecule has 0 fully saturated rings. The summed E-state index contributed by atoms with van der Waals surface area (Å²) in [5.41, 5.74) is 1.40. The van der Waals surface area contributed by atoms with E-state index < -0.39 is 0 Å². The van der Waals surface area contributed by atoms with E-state index in [-0.39, 0.29) is 5.78 Å². The van der Waals surface area contributed by atoms with Crippen molar-refractivity contribution in [2.75, 3.05) is 0 Å².